The number of hydrogen-bond donors (Lipinski definition) is 1. The summed E-state index contributed by atoms with van der Waals surface area (Å²) in [7, 11) is 1.85. The smallest absolute Gasteiger partial charge is 0.289 e. The summed E-state index contributed by atoms with van der Waals surface area (Å²) in [6.07, 6.45) is 5.16. The molecule has 1 aliphatic heterocycles. The number of rotatable bonds is 7. The van der Waals surface area contributed by atoms with E-state index >= 15 is 0 Å². The van der Waals surface area contributed by atoms with Crippen LogP contribution in [0.3, 0.4) is 0 Å². The van der Waals surface area contributed by atoms with Crippen LogP contribution < -0.4 is 10.2 Å². The zero-order valence-corrected chi connectivity index (χ0v) is 15.2. The third kappa shape index (κ3) is 4.25. The molecular formula is C17H26N6O2. The predicted molar refractivity (Wildman–Crippen MR) is 95.8 cm³/mol. The highest BCUT2D eigenvalue weighted by Gasteiger charge is 2.22. The lowest BCUT2D eigenvalue weighted by Gasteiger charge is -2.17. The van der Waals surface area contributed by atoms with Gasteiger partial charge in [0.2, 0.25) is 5.82 Å². The third-order valence-electron chi connectivity index (χ3n) is 4.14. The molecule has 2 aromatic heterocycles. The molecule has 1 aliphatic rings. The molecule has 136 valence electrons. The highest BCUT2D eigenvalue weighted by atomic mass is 16.5. The largest absolute Gasteiger partial charge is 0.379 e. The van der Waals surface area contributed by atoms with E-state index in [1.165, 1.54) is 0 Å². The molecule has 0 bridgehead atoms. The lowest BCUT2D eigenvalue weighted by Crippen LogP contribution is -2.28. The number of ether oxygens (including phenoxy) is 1. The number of hydrogen-bond acceptors (Lipinski definition) is 6. The topological polar surface area (TPSA) is 85.2 Å². The molecule has 8 heteroatoms. The molecule has 1 N–H and O–H groups in total. The first-order valence-corrected chi connectivity index (χ1v) is 8.90. The predicted octanol–water partition coefficient (Wildman–Crippen LogP) is 1.51. The number of amides is 1. The SMILES string of the molecule is CC(C)OCCCNC(=O)c1nc(N2CCCC2)c2cn(C)nc2n1. The Bertz CT molecular complexity index is 736. The van der Waals surface area contributed by atoms with E-state index in [0.717, 1.165) is 43.6 Å². The van der Waals surface area contributed by atoms with Gasteiger partial charge in [0.05, 0.1) is 11.5 Å². The van der Waals surface area contributed by atoms with Crippen LogP contribution in [-0.2, 0) is 11.8 Å². The number of aryl methyl sites for hydroxylation is 1. The minimum Gasteiger partial charge on any atom is -0.379 e. The number of carbonyl (C=O) groups is 1. The quantitative estimate of drug-likeness (QED) is 0.765. The van der Waals surface area contributed by atoms with Gasteiger partial charge < -0.3 is 15.0 Å². The standard InChI is InChI=1S/C17H26N6O2/c1-12(2)25-10-6-7-18-17(24)15-19-14-13(11-22(3)21-14)16(20-15)23-8-4-5-9-23/h11-12H,4-10H2,1-3H3,(H,18,24). The van der Waals surface area contributed by atoms with Gasteiger partial charge in [-0.05, 0) is 33.1 Å². The van der Waals surface area contributed by atoms with Gasteiger partial charge in [-0.3, -0.25) is 9.48 Å². The number of fused-ring (bicyclic) bond motifs is 1. The van der Waals surface area contributed by atoms with Gasteiger partial charge in [-0.15, -0.1) is 0 Å². The number of nitrogens with one attached hydrogen (secondary N) is 1. The summed E-state index contributed by atoms with van der Waals surface area (Å²) in [5, 5.41) is 8.12. The zero-order valence-electron chi connectivity index (χ0n) is 15.2. The summed E-state index contributed by atoms with van der Waals surface area (Å²) in [5.74, 6) is 0.722. The van der Waals surface area contributed by atoms with Crippen molar-refractivity contribution < 1.29 is 9.53 Å². The summed E-state index contributed by atoms with van der Waals surface area (Å²) in [4.78, 5) is 23.5. The third-order valence-corrected chi connectivity index (χ3v) is 4.14. The average molecular weight is 346 g/mol. The molecule has 0 atom stereocenters. The number of anilines is 1. The zero-order chi connectivity index (χ0) is 17.8. The van der Waals surface area contributed by atoms with Gasteiger partial charge in [-0.2, -0.15) is 5.10 Å². The normalized spacial score (nSPS) is 14.6. The molecule has 1 saturated heterocycles. The first-order chi connectivity index (χ1) is 12.0. The van der Waals surface area contributed by atoms with Gasteiger partial charge in [0.15, 0.2) is 5.65 Å². The molecule has 3 rings (SSSR count). The van der Waals surface area contributed by atoms with Crippen LogP contribution in [0.4, 0.5) is 5.82 Å². The summed E-state index contributed by atoms with van der Waals surface area (Å²) in [6.45, 7) is 7.05. The van der Waals surface area contributed by atoms with Crippen LogP contribution in [0.5, 0.6) is 0 Å². The lowest BCUT2D eigenvalue weighted by atomic mass is 10.3. The van der Waals surface area contributed by atoms with Crippen molar-refractivity contribution in [1.82, 2.24) is 25.1 Å². The van der Waals surface area contributed by atoms with Gasteiger partial charge in [0, 0.05) is 39.5 Å². The van der Waals surface area contributed by atoms with Gasteiger partial charge in [0.25, 0.3) is 5.91 Å². The van der Waals surface area contributed by atoms with Gasteiger partial charge >= 0.3 is 0 Å². The van der Waals surface area contributed by atoms with Crippen molar-refractivity contribution in [3.63, 3.8) is 0 Å². The van der Waals surface area contributed by atoms with E-state index in [0.29, 0.717) is 18.8 Å². The van der Waals surface area contributed by atoms with Crippen LogP contribution >= 0.6 is 0 Å². The fourth-order valence-electron chi connectivity index (χ4n) is 2.95. The molecule has 8 nitrogen and oxygen atoms in total. The van der Waals surface area contributed by atoms with Crippen LogP contribution in [0.15, 0.2) is 6.20 Å². The minimum atomic E-state index is -0.266. The van der Waals surface area contributed by atoms with E-state index in [1.807, 2.05) is 27.1 Å². The van der Waals surface area contributed by atoms with Crippen LogP contribution in [0, 0.1) is 0 Å². The maximum absolute atomic E-state index is 12.4. The maximum Gasteiger partial charge on any atom is 0.289 e. The number of aromatic nitrogens is 4. The molecule has 2 aromatic rings. The Morgan fingerprint density at radius 3 is 2.80 bits per heavy atom. The van der Waals surface area contributed by atoms with Crippen molar-refractivity contribution in [3.8, 4) is 0 Å². The second-order valence-electron chi connectivity index (χ2n) is 6.63. The number of nitrogens with zero attached hydrogens (tertiary/aromatic N) is 5. The molecule has 1 amide bonds. The van der Waals surface area contributed by atoms with Crippen molar-refractivity contribution in [3.05, 3.63) is 12.0 Å². The molecule has 0 unspecified atom stereocenters. The van der Waals surface area contributed by atoms with E-state index in [1.54, 1.807) is 4.68 Å². The Balaban J connectivity index is 1.73. The van der Waals surface area contributed by atoms with E-state index in [4.69, 9.17) is 4.74 Å². The second kappa shape index (κ2) is 7.77. The van der Waals surface area contributed by atoms with E-state index in [2.05, 4.69) is 25.3 Å². The van der Waals surface area contributed by atoms with Gasteiger partial charge in [0.1, 0.15) is 5.82 Å². The molecule has 0 spiro atoms. The Labute approximate surface area is 147 Å². The summed E-state index contributed by atoms with van der Waals surface area (Å²) < 4.78 is 7.19. The molecule has 0 saturated carbocycles. The fourth-order valence-corrected chi connectivity index (χ4v) is 2.95. The first-order valence-electron chi connectivity index (χ1n) is 8.90. The number of carbonyl (C=O) groups excluding carboxylic acids is 1. The van der Waals surface area contributed by atoms with Gasteiger partial charge in [-0.1, -0.05) is 0 Å². The average Bonchev–Trinajstić information content (AvgIpc) is 3.21. The summed E-state index contributed by atoms with van der Waals surface area (Å²) in [5.41, 5.74) is 0.563. The Kier molecular flexibility index (Phi) is 5.47. The summed E-state index contributed by atoms with van der Waals surface area (Å²) in [6, 6.07) is 0. The van der Waals surface area contributed by atoms with Gasteiger partial charge in [-0.25, -0.2) is 9.97 Å². The highest BCUT2D eigenvalue weighted by Crippen LogP contribution is 2.26. The Morgan fingerprint density at radius 2 is 2.08 bits per heavy atom. The molecule has 25 heavy (non-hydrogen) atoms. The lowest BCUT2D eigenvalue weighted by molar-refractivity contribution is 0.0756. The van der Waals surface area contributed by atoms with Crippen LogP contribution in [0.1, 0.15) is 43.7 Å². The molecule has 1 fully saturated rings. The minimum absolute atomic E-state index is 0.179. The van der Waals surface area contributed by atoms with Crippen LogP contribution in [0.25, 0.3) is 11.0 Å². The monoisotopic (exact) mass is 346 g/mol. The first kappa shape index (κ1) is 17.6. The second-order valence-corrected chi connectivity index (χ2v) is 6.63. The van der Waals surface area contributed by atoms with Crippen molar-refractivity contribution in [2.75, 3.05) is 31.1 Å². The highest BCUT2D eigenvalue weighted by molar-refractivity contribution is 5.95. The van der Waals surface area contributed by atoms with Crippen molar-refractivity contribution in [2.24, 2.45) is 7.05 Å². The van der Waals surface area contributed by atoms with E-state index in [-0.39, 0.29) is 17.8 Å². The van der Waals surface area contributed by atoms with Crippen LogP contribution in [-0.4, -0.2) is 58.0 Å². The van der Waals surface area contributed by atoms with E-state index in [9.17, 15) is 4.79 Å². The van der Waals surface area contributed by atoms with E-state index < -0.39 is 0 Å². The Morgan fingerprint density at radius 1 is 1.32 bits per heavy atom. The molecule has 3 heterocycles. The van der Waals surface area contributed by atoms with Crippen molar-refractivity contribution in [1.29, 1.82) is 0 Å². The van der Waals surface area contributed by atoms with Crippen LogP contribution in [0.2, 0.25) is 0 Å². The molecule has 0 aliphatic carbocycles. The molecule has 0 radical (unpaired) electrons. The Hall–Kier alpha value is -2.22. The van der Waals surface area contributed by atoms with Crippen molar-refractivity contribution >= 4 is 22.8 Å². The summed E-state index contributed by atoms with van der Waals surface area (Å²) >= 11 is 0. The molecule has 0 aromatic carbocycles. The maximum atomic E-state index is 12.4. The fraction of sp³-hybridized carbons (Fsp3) is 0.647. The molecular weight excluding hydrogens is 320 g/mol. The van der Waals surface area contributed by atoms with Crippen molar-refractivity contribution in [2.45, 2.75) is 39.2 Å².